The maximum atomic E-state index is 2.53. The highest BCUT2D eigenvalue weighted by molar-refractivity contribution is 6.15. The molecule has 7 aromatic rings. The lowest BCUT2D eigenvalue weighted by atomic mass is 9.92. The number of rotatable bonds is 5. The molecule has 3 heteroatoms. The second kappa shape index (κ2) is 12.9. The minimum atomic E-state index is 0.850. The molecule has 0 fully saturated rings. The molecule has 3 nitrogen and oxygen atoms in total. The molecule has 4 aliphatic rings. The molecule has 2 bridgehead atoms. The third kappa shape index (κ3) is 5.19. The molecule has 11 rings (SSSR count). The van der Waals surface area contributed by atoms with Gasteiger partial charge >= 0.3 is 0 Å². The van der Waals surface area contributed by atoms with Crippen LogP contribution in [0.3, 0.4) is 0 Å². The van der Waals surface area contributed by atoms with Gasteiger partial charge in [-0.25, -0.2) is 0 Å². The summed E-state index contributed by atoms with van der Waals surface area (Å²) >= 11 is 0. The Bertz CT molecular complexity index is 2960. The molecule has 0 N–H and O–H groups in total. The number of anilines is 2. The monoisotopic (exact) mass is 705 g/mol. The molecular formula is C52H39N3. The van der Waals surface area contributed by atoms with E-state index in [-0.39, 0.29) is 0 Å². The van der Waals surface area contributed by atoms with Crippen LogP contribution in [0.1, 0.15) is 35.2 Å². The van der Waals surface area contributed by atoms with Gasteiger partial charge in [-0.1, -0.05) is 133 Å². The number of hydrogen-bond acceptors (Lipinski definition) is 1. The highest BCUT2D eigenvalue weighted by Gasteiger charge is 2.30. The molecular weight excluding hydrogens is 667 g/mol. The van der Waals surface area contributed by atoms with E-state index in [0.29, 0.717) is 0 Å². The van der Waals surface area contributed by atoms with Crippen molar-refractivity contribution in [2.45, 2.75) is 25.7 Å². The largest absolute Gasteiger partial charge is 0.311 e. The fourth-order valence-corrected chi connectivity index (χ4v) is 9.20. The van der Waals surface area contributed by atoms with Crippen molar-refractivity contribution in [1.82, 2.24) is 9.13 Å². The van der Waals surface area contributed by atoms with Crippen molar-refractivity contribution in [3.8, 4) is 5.69 Å². The van der Waals surface area contributed by atoms with E-state index in [1.807, 2.05) is 0 Å². The second-order valence-electron chi connectivity index (χ2n) is 14.9. The number of hydrogen-bond donors (Lipinski definition) is 0. The first-order chi connectivity index (χ1) is 27.3. The topological polar surface area (TPSA) is 13.1 Å². The predicted molar refractivity (Wildman–Crippen MR) is 233 cm³/mol. The van der Waals surface area contributed by atoms with Gasteiger partial charge in [-0.15, -0.1) is 0 Å². The summed E-state index contributed by atoms with van der Waals surface area (Å²) in [6, 6.07) is 42.5. The highest BCUT2D eigenvalue weighted by Crippen LogP contribution is 2.49. The van der Waals surface area contributed by atoms with Crippen molar-refractivity contribution >= 4 is 61.4 Å². The summed E-state index contributed by atoms with van der Waals surface area (Å²) in [5.74, 6) is 0. The van der Waals surface area contributed by atoms with Crippen LogP contribution < -0.4 is 4.90 Å². The van der Waals surface area contributed by atoms with E-state index in [1.54, 1.807) is 0 Å². The summed E-state index contributed by atoms with van der Waals surface area (Å²) in [4.78, 5) is 2.53. The van der Waals surface area contributed by atoms with Crippen LogP contribution in [0.25, 0.3) is 55.7 Å². The zero-order valence-electron chi connectivity index (χ0n) is 30.6. The molecule has 55 heavy (non-hydrogen) atoms. The zero-order chi connectivity index (χ0) is 36.3. The van der Waals surface area contributed by atoms with E-state index in [2.05, 4.69) is 202 Å². The van der Waals surface area contributed by atoms with Gasteiger partial charge in [0.2, 0.25) is 0 Å². The molecule has 3 heterocycles. The SMILES string of the molecule is C1=CC=C2CC(=C1)c1cc(-n3c4c(c5ccccc53)CC=CC=C4)ccc1N2c1cccc2c3ccccc3n(C3=CC=C(Cc4ccccc4)CC=C3)c12. The highest BCUT2D eigenvalue weighted by atomic mass is 15.2. The van der Waals surface area contributed by atoms with Gasteiger partial charge in [0, 0.05) is 45.2 Å². The van der Waals surface area contributed by atoms with Crippen LogP contribution in [0.15, 0.2) is 193 Å². The molecule has 2 aromatic heterocycles. The van der Waals surface area contributed by atoms with E-state index < -0.39 is 0 Å². The zero-order valence-corrected chi connectivity index (χ0v) is 30.6. The first-order valence-corrected chi connectivity index (χ1v) is 19.4. The van der Waals surface area contributed by atoms with E-state index in [9.17, 15) is 0 Å². The maximum absolute atomic E-state index is 2.53. The second-order valence-corrected chi connectivity index (χ2v) is 14.9. The number of nitrogens with zero attached hydrogens (tertiary/aromatic N) is 3. The Morgan fingerprint density at radius 2 is 1.35 bits per heavy atom. The summed E-state index contributed by atoms with van der Waals surface area (Å²) < 4.78 is 4.95. The first kappa shape index (κ1) is 31.7. The fraction of sp³-hybridized carbons (Fsp3) is 0.0769. The molecule has 0 unspecified atom stereocenters. The third-order valence-electron chi connectivity index (χ3n) is 11.6. The Kier molecular flexibility index (Phi) is 7.44. The van der Waals surface area contributed by atoms with Crippen LogP contribution in [-0.2, 0) is 12.8 Å². The van der Waals surface area contributed by atoms with Crippen LogP contribution in [0.2, 0.25) is 0 Å². The third-order valence-corrected chi connectivity index (χ3v) is 11.6. The van der Waals surface area contributed by atoms with E-state index in [4.69, 9.17) is 0 Å². The summed E-state index contributed by atoms with van der Waals surface area (Å²) in [6.07, 6.45) is 30.9. The summed E-state index contributed by atoms with van der Waals surface area (Å²) in [5, 5.41) is 3.83. The van der Waals surface area contributed by atoms with Gasteiger partial charge in [-0.3, -0.25) is 0 Å². The predicted octanol–water partition coefficient (Wildman–Crippen LogP) is 13.2. The normalized spacial score (nSPS) is 16.0. The standard InChI is InChI=1S/C52H39N3/c1-3-15-36(16-4-1)33-37-17-13-20-39(30-29-37)55-49-27-12-10-23-44(49)45-24-14-28-51(52(45)55)54-40-19-8-7-18-38(34-40)46-35-41(31-32-50(46)54)53-47-25-6-2-5-21-42(47)43-22-9-11-26-48(43)53/h1-16,18-20,22-32,35H,17,21,33-34H2. The smallest absolute Gasteiger partial charge is 0.0782 e. The molecule has 262 valence electrons. The Balaban J connectivity index is 1.11. The van der Waals surface area contributed by atoms with Gasteiger partial charge in [0.25, 0.3) is 0 Å². The van der Waals surface area contributed by atoms with Crippen LogP contribution in [-0.4, -0.2) is 9.13 Å². The summed E-state index contributed by atoms with van der Waals surface area (Å²) in [5.41, 5.74) is 17.7. The molecule has 0 saturated heterocycles. The number of benzene rings is 5. The minimum absolute atomic E-state index is 0.850. The Hall–Kier alpha value is -6.84. The number of aromatic nitrogens is 2. The van der Waals surface area contributed by atoms with Crippen LogP contribution in [0.4, 0.5) is 11.4 Å². The van der Waals surface area contributed by atoms with Crippen molar-refractivity contribution in [1.29, 1.82) is 0 Å². The van der Waals surface area contributed by atoms with Gasteiger partial charge in [-0.05, 0) is 96.7 Å². The Labute approximate surface area is 321 Å². The lowest BCUT2D eigenvalue weighted by Crippen LogP contribution is -2.23. The molecule has 0 spiro atoms. The fourth-order valence-electron chi connectivity index (χ4n) is 9.20. The van der Waals surface area contributed by atoms with Crippen LogP contribution in [0.5, 0.6) is 0 Å². The summed E-state index contributed by atoms with van der Waals surface area (Å²) in [7, 11) is 0. The molecule has 0 atom stereocenters. The minimum Gasteiger partial charge on any atom is -0.311 e. The average molecular weight is 706 g/mol. The molecule has 0 radical (unpaired) electrons. The molecule has 1 aliphatic heterocycles. The quantitative estimate of drug-likeness (QED) is 0.174. The van der Waals surface area contributed by atoms with Crippen molar-refractivity contribution in [3.63, 3.8) is 0 Å². The number of fused-ring (bicyclic) bond motifs is 10. The first-order valence-electron chi connectivity index (χ1n) is 19.4. The van der Waals surface area contributed by atoms with E-state index >= 15 is 0 Å². The average Bonchev–Trinajstić information content (AvgIpc) is 3.39. The Morgan fingerprint density at radius 1 is 0.545 bits per heavy atom. The van der Waals surface area contributed by atoms with Crippen LogP contribution >= 0.6 is 0 Å². The molecule has 0 amide bonds. The maximum Gasteiger partial charge on any atom is 0.0782 e. The lowest BCUT2D eigenvalue weighted by molar-refractivity contribution is 1.04. The van der Waals surface area contributed by atoms with Crippen molar-refractivity contribution in [2.75, 3.05) is 4.90 Å². The van der Waals surface area contributed by atoms with Gasteiger partial charge in [0.15, 0.2) is 0 Å². The number of para-hydroxylation sites is 3. The molecule has 0 saturated carbocycles. The summed E-state index contributed by atoms with van der Waals surface area (Å²) in [6.45, 7) is 0. The van der Waals surface area contributed by atoms with Gasteiger partial charge in [0.05, 0.1) is 33.6 Å². The Morgan fingerprint density at radius 3 is 2.25 bits per heavy atom. The van der Waals surface area contributed by atoms with Gasteiger partial charge in [-0.2, -0.15) is 0 Å². The van der Waals surface area contributed by atoms with E-state index in [1.165, 1.54) is 94.7 Å². The van der Waals surface area contributed by atoms with Gasteiger partial charge < -0.3 is 14.0 Å². The lowest BCUT2D eigenvalue weighted by Gasteiger charge is -2.36. The molecule has 3 aliphatic carbocycles. The van der Waals surface area contributed by atoms with Gasteiger partial charge in [0.1, 0.15) is 0 Å². The van der Waals surface area contributed by atoms with Crippen LogP contribution in [0, 0.1) is 0 Å². The van der Waals surface area contributed by atoms with Crippen molar-refractivity contribution < 1.29 is 0 Å². The molecule has 5 aromatic carbocycles. The van der Waals surface area contributed by atoms with Crippen molar-refractivity contribution in [2.24, 2.45) is 0 Å². The van der Waals surface area contributed by atoms with Crippen molar-refractivity contribution in [3.05, 3.63) is 216 Å². The van der Waals surface area contributed by atoms with E-state index in [0.717, 1.165) is 25.7 Å². The number of allylic oxidation sites excluding steroid dienone is 14.